The summed E-state index contributed by atoms with van der Waals surface area (Å²) in [5, 5.41) is 41.3. The van der Waals surface area contributed by atoms with Gasteiger partial charge in [-0.1, -0.05) is 47.5 Å². The molecular weight excluding hydrogens is 340 g/mol. The van der Waals surface area contributed by atoms with E-state index in [0.29, 0.717) is 0 Å². The van der Waals surface area contributed by atoms with E-state index in [0.717, 1.165) is 33.4 Å². The Bertz CT molecular complexity index is 804. The monoisotopic (exact) mass is 368 g/mol. The molecule has 2 aromatic rings. The Morgan fingerprint density at radius 3 is 1.41 bits per heavy atom. The molecule has 0 saturated carbocycles. The van der Waals surface area contributed by atoms with Gasteiger partial charge in [0.15, 0.2) is 0 Å². The zero-order valence-corrected chi connectivity index (χ0v) is 16.3. The molecule has 0 saturated heterocycles. The fourth-order valence-electron chi connectivity index (χ4n) is 3.05. The highest BCUT2D eigenvalue weighted by Crippen LogP contribution is 2.35. The Labute approximate surface area is 160 Å². The van der Waals surface area contributed by atoms with E-state index in [9.17, 15) is 20.4 Å². The van der Waals surface area contributed by atoms with Gasteiger partial charge in [0.2, 0.25) is 0 Å². The Kier molecular flexibility index (Phi) is 6.47. The number of rotatable bonds is 6. The summed E-state index contributed by atoms with van der Waals surface area (Å²) >= 11 is 0. The van der Waals surface area contributed by atoms with Crippen molar-refractivity contribution in [3.63, 3.8) is 0 Å². The molecule has 2 aromatic carbocycles. The van der Waals surface area contributed by atoms with Crippen LogP contribution in [0.3, 0.4) is 0 Å². The first-order valence-corrected chi connectivity index (χ1v) is 8.92. The van der Waals surface area contributed by atoms with E-state index in [1.54, 1.807) is 0 Å². The molecule has 4 nitrogen and oxygen atoms in total. The summed E-state index contributed by atoms with van der Waals surface area (Å²) in [7, 11) is 0. The maximum absolute atomic E-state index is 10.7. The number of aliphatic hydroxyl groups excluding tert-OH is 4. The van der Waals surface area contributed by atoms with Crippen LogP contribution in [0.25, 0.3) is 12.2 Å². The summed E-state index contributed by atoms with van der Waals surface area (Å²) in [5.74, 6) is -0.587. The Hall–Kier alpha value is -2.56. The number of benzene rings is 2. The fourth-order valence-corrected chi connectivity index (χ4v) is 3.05. The summed E-state index contributed by atoms with van der Waals surface area (Å²) < 4.78 is 0. The molecule has 0 heterocycles. The third-order valence-corrected chi connectivity index (χ3v) is 4.96. The first kappa shape index (κ1) is 20.7. The van der Waals surface area contributed by atoms with E-state index in [4.69, 9.17) is 0 Å². The highest BCUT2D eigenvalue weighted by molar-refractivity contribution is 5.61. The van der Waals surface area contributed by atoms with Crippen molar-refractivity contribution in [1.82, 2.24) is 0 Å². The minimum absolute atomic E-state index is 0.294. The summed E-state index contributed by atoms with van der Waals surface area (Å²) in [6.07, 6.45) is 2.96. The molecule has 2 rings (SSSR count). The van der Waals surface area contributed by atoms with Gasteiger partial charge in [-0.05, 0) is 62.1 Å². The van der Waals surface area contributed by atoms with E-state index in [1.165, 1.54) is 12.2 Å². The second kappa shape index (κ2) is 8.42. The van der Waals surface area contributed by atoms with Crippen LogP contribution >= 0.6 is 0 Å². The van der Waals surface area contributed by atoms with Crippen LogP contribution < -0.4 is 0 Å². The Balaban J connectivity index is 2.51. The molecule has 0 bridgehead atoms. The zero-order chi connectivity index (χ0) is 20.2. The van der Waals surface area contributed by atoms with Gasteiger partial charge < -0.3 is 20.4 Å². The summed E-state index contributed by atoms with van der Waals surface area (Å²) in [6, 6.07) is 11.5. The Morgan fingerprint density at radius 2 is 1.11 bits per heavy atom. The van der Waals surface area contributed by atoms with Crippen molar-refractivity contribution in [3.05, 3.63) is 81.3 Å². The number of aliphatic hydroxyl groups is 4. The van der Waals surface area contributed by atoms with Crippen molar-refractivity contribution in [2.75, 3.05) is 13.2 Å². The van der Waals surface area contributed by atoms with Crippen LogP contribution in [-0.4, -0.2) is 33.6 Å². The third kappa shape index (κ3) is 4.41. The van der Waals surface area contributed by atoms with Gasteiger partial charge in [-0.2, -0.15) is 0 Å². The van der Waals surface area contributed by atoms with Gasteiger partial charge in [-0.25, -0.2) is 0 Å². The summed E-state index contributed by atoms with van der Waals surface area (Å²) in [6.45, 7) is 6.51. The quantitative estimate of drug-likeness (QED) is 0.570. The second-order valence-electron chi connectivity index (χ2n) is 7.18. The zero-order valence-electron chi connectivity index (χ0n) is 16.3. The highest BCUT2D eigenvalue weighted by atomic mass is 16.3. The van der Waals surface area contributed by atoms with Crippen LogP contribution in [0.4, 0.5) is 0 Å². The lowest BCUT2D eigenvalue weighted by Gasteiger charge is -2.29. The van der Waals surface area contributed by atoms with Gasteiger partial charge >= 0.3 is 0 Å². The molecular formula is C23H28O4. The first-order valence-electron chi connectivity index (χ1n) is 8.92. The van der Waals surface area contributed by atoms with Gasteiger partial charge in [0.05, 0.1) is 13.2 Å². The van der Waals surface area contributed by atoms with E-state index in [2.05, 4.69) is 0 Å². The molecule has 0 radical (unpaired) electrons. The standard InChI is InChI=1S/C23H28O4/c1-15-5-7-19(17(3)9-15)11-21(26)23(13-24,14-25)22(27)12-20-8-6-16(2)10-18(20)4/h5-12,24-27H,13-14H2,1-4H3. The van der Waals surface area contributed by atoms with Crippen molar-refractivity contribution in [1.29, 1.82) is 0 Å². The summed E-state index contributed by atoms with van der Waals surface area (Å²) in [4.78, 5) is 0. The smallest absolute Gasteiger partial charge is 0.130 e. The fraction of sp³-hybridized carbons (Fsp3) is 0.304. The molecule has 27 heavy (non-hydrogen) atoms. The number of hydrogen-bond acceptors (Lipinski definition) is 4. The average molecular weight is 368 g/mol. The van der Waals surface area contributed by atoms with E-state index >= 15 is 0 Å². The van der Waals surface area contributed by atoms with Crippen LogP contribution in [0.15, 0.2) is 47.9 Å². The predicted octanol–water partition coefficient (Wildman–Crippen LogP) is 4.39. The minimum Gasteiger partial charge on any atom is -0.511 e. The molecule has 0 fully saturated rings. The van der Waals surface area contributed by atoms with Gasteiger partial charge in [-0.15, -0.1) is 0 Å². The predicted molar refractivity (Wildman–Crippen MR) is 110 cm³/mol. The van der Waals surface area contributed by atoms with E-state index in [1.807, 2.05) is 64.1 Å². The van der Waals surface area contributed by atoms with Crippen molar-refractivity contribution in [2.45, 2.75) is 27.7 Å². The van der Waals surface area contributed by atoms with E-state index in [-0.39, 0.29) is 11.5 Å². The molecule has 0 aromatic heterocycles. The molecule has 0 unspecified atom stereocenters. The molecule has 0 amide bonds. The van der Waals surface area contributed by atoms with Crippen molar-refractivity contribution in [3.8, 4) is 0 Å². The normalized spacial score (nSPS) is 13.1. The van der Waals surface area contributed by atoms with Crippen molar-refractivity contribution in [2.24, 2.45) is 5.41 Å². The molecule has 4 N–H and O–H groups in total. The van der Waals surface area contributed by atoms with Crippen LogP contribution in [-0.2, 0) is 0 Å². The minimum atomic E-state index is -1.67. The average Bonchev–Trinajstić information content (AvgIpc) is 2.61. The molecule has 0 aliphatic carbocycles. The van der Waals surface area contributed by atoms with Gasteiger partial charge in [0.25, 0.3) is 0 Å². The molecule has 0 aliphatic rings. The lowest BCUT2D eigenvalue weighted by atomic mass is 9.83. The molecule has 0 atom stereocenters. The third-order valence-electron chi connectivity index (χ3n) is 4.96. The lowest BCUT2D eigenvalue weighted by Crippen LogP contribution is -2.34. The van der Waals surface area contributed by atoms with Gasteiger partial charge in [-0.3, -0.25) is 0 Å². The van der Waals surface area contributed by atoms with Crippen LogP contribution in [0.5, 0.6) is 0 Å². The lowest BCUT2D eigenvalue weighted by molar-refractivity contribution is 0.0487. The second-order valence-corrected chi connectivity index (χ2v) is 7.18. The van der Waals surface area contributed by atoms with E-state index < -0.39 is 18.6 Å². The molecule has 144 valence electrons. The largest absolute Gasteiger partial charge is 0.511 e. The Morgan fingerprint density at radius 1 is 0.741 bits per heavy atom. The first-order chi connectivity index (χ1) is 12.7. The number of hydrogen-bond donors (Lipinski definition) is 4. The highest BCUT2D eigenvalue weighted by Gasteiger charge is 2.38. The molecule has 0 aliphatic heterocycles. The maximum Gasteiger partial charge on any atom is 0.130 e. The maximum atomic E-state index is 10.7. The SMILES string of the molecule is Cc1ccc(C=C(O)C(CO)(CO)C(O)=Cc2ccc(C)cc2C)c(C)c1. The molecule has 0 spiro atoms. The van der Waals surface area contributed by atoms with Crippen molar-refractivity contribution < 1.29 is 20.4 Å². The summed E-state index contributed by atoms with van der Waals surface area (Å²) in [5.41, 5.74) is 3.92. The number of aryl methyl sites for hydroxylation is 4. The molecule has 4 heteroatoms. The van der Waals surface area contributed by atoms with Gasteiger partial charge in [0, 0.05) is 0 Å². The van der Waals surface area contributed by atoms with Gasteiger partial charge in [0.1, 0.15) is 16.9 Å². The van der Waals surface area contributed by atoms with Crippen LogP contribution in [0.2, 0.25) is 0 Å². The van der Waals surface area contributed by atoms with Crippen LogP contribution in [0.1, 0.15) is 33.4 Å². The topological polar surface area (TPSA) is 80.9 Å². The van der Waals surface area contributed by atoms with Crippen molar-refractivity contribution >= 4 is 12.2 Å². The van der Waals surface area contributed by atoms with Crippen LogP contribution in [0, 0.1) is 33.1 Å².